The molecule has 1 unspecified atom stereocenters. The Morgan fingerprint density at radius 3 is 2.88 bits per heavy atom. The van der Waals surface area contributed by atoms with Crippen molar-refractivity contribution in [3.05, 3.63) is 22.4 Å². The van der Waals surface area contributed by atoms with Crippen molar-refractivity contribution < 1.29 is 14.6 Å². The molecule has 1 fully saturated rings. The standard InChI is InChI=1S/C12H17NO3S/c14-12(15)11(13-5-7-16-8-6-13)4-3-10-2-1-9-17-10/h1-2,9,11H,3-8H2,(H,14,15). The number of hydrogen-bond acceptors (Lipinski definition) is 4. The highest BCUT2D eigenvalue weighted by atomic mass is 32.1. The molecule has 1 saturated heterocycles. The lowest BCUT2D eigenvalue weighted by Crippen LogP contribution is -2.47. The van der Waals surface area contributed by atoms with Crippen molar-refractivity contribution in [1.82, 2.24) is 4.90 Å². The lowest BCUT2D eigenvalue weighted by atomic mass is 10.1. The average Bonchev–Trinajstić information content (AvgIpc) is 2.83. The number of thiophene rings is 1. The van der Waals surface area contributed by atoms with Gasteiger partial charge in [-0.15, -0.1) is 11.3 Å². The Hall–Kier alpha value is -0.910. The van der Waals surface area contributed by atoms with Gasteiger partial charge >= 0.3 is 5.97 Å². The molecule has 1 aromatic rings. The Morgan fingerprint density at radius 2 is 2.29 bits per heavy atom. The molecule has 1 aliphatic heterocycles. The number of carbonyl (C=O) groups is 1. The maximum atomic E-state index is 11.3. The lowest BCUT2D eigenvalue weighted by molar-refractivity contribution is -0.145. The molecule has 94 valence electrons. The predicted octanol–water partition coefficient (Wildman–Crippen LogP) is 1.47. The van der Waals surface area contributed by atoms with Gasteiger partial charge < -0.3 is 9.84 Å². The van der Waals surface area contributed by atoms with Gasteiger partial charge in [0.25, 0.3) is 0 Å². The molecule has 1 aromatic heterocycles. The second kappa shape index (κ2) is 6.14. The lowest BCUT2D eigenvalue weighted by Gasteiger charge is -2.31. The monoisotopic (exact) mass is 255 g/mol. The molecule has 0 spiro atoms. The van der Waals surface area contributed by atoms with Gasteiger partial charge in [-0.1, -0.05) is 6.07 Å². The molecule has 17 heavy (non-hydrogen) atoms. The van der Waals surface area contributed by atoms with Gasteiger partial charge in [0.2, 0.25) is 0 Å². The second-order valence-corrected chi connectivity index (χ2v) is 5.15. The van der Waals surface area contributed by atoms with Gasteiger partial charge in [0.1, 0.15) is 6.04 Å². The molecular formula is C12H17NO3S. The summed E-state index contributed by atoms with van der Waals surface area (Å²) in [5.74, 6) is -0.719. The van der Waals surface area contributed by atoms with E-state index in [2.05, 4.69) is 6.07 Å². The molecule has 0 amide bonds. The molecule has 4 nitrogen and oxygen atoms in total. The minimum Gasteiger partial charge on any atom is -0.480 e. The van der Waals surface area contributed by atoms with Crippen LogP contribution in [0.4, 0.5) is 0 Å². The van der Waals surface area contributed by atoms with Gasteiger partial charge in [0.05, 0.1) is 13.2 Å². The van der Waals surface area contributed by atoms with Crippen molar-refractivity contribution in [2.45, 2.75) is 18.9 Å². The summed E-state index contributed by atoms with van der Waals surface area (Å²) in [5, 5.41) is 11.3. The fraction of sp³-hybridized carbons (Fsp3) is 0.583. The Morgan fingerprint density at radius 1 is 1.53 bits per heavy atom. The minimum atomic E-state index is -0.719. The van der Waals surface area contributed by atoms with E-state index in [4.69, 9.17) is 4.74 Å². The molecular weight excluding hydrogens is 238 g/mol. The van der Waals surface area contributed by atoms with Crippen LogP contribution in [0.5, 0.6) is 0 Å². The van der Waals surface area contributed by atoms with E-state index < -0.39 is 5.97 Å². The number of hydrogen-bond donors (Lipinski definition) is 1. The molecule has 0 aliphatic carbocycles. The SMILES string of the molecule is O=C(O)C(CCc1cccs1)N1CCOCC1. The topological polar surface area (TPSA) is 49.8 Å². The van der Waals surface area contributed by atoms with Crippen LogP contribution in [-0.4, -0.2) is 48.3 Å². The van der Waals surface area contributed by atoms with Crippen molar-refractivity contribution in [3.63, 3.8) is 0 Å². The Labute approximate surface area is 105 Å². The van der Waals surface area contributed by atoms with Gasteiger partial charge in [0, 0.05) is 18.0 Å². The Bertz CT molecular complexity index is 347. The molecule has 5 heteroatoms. The van der Waals surface area contributed by atoms with Gasteiger partial charge in [-0.25, -0.2) is 0 Å². The van der Waals surface area contributed by atoms with Crippen LogP contribution in [-0.2, 0) is 16.0 Å². The van der Waals surface area contributed by atoms with Crippen LogP contribution in [0, 0.1) is 0 Å². The zero-order valence-electron chi connectivity index (χ0n) is 9.67. The van der Waals surface area contributed by atoms with Gasteiger partial charge in [-0.3, -0.25) is 9.69 Å². The van der Waals surface area contributed by atoms with E-state index in [9.17, 15) is 9.90 Å². The third-order valence-electron chi connectivity index (χ3n) is 3.02. The van der Waals surface area contributed by atoms with Gasteiger partial charge in [-0.2, -0.15) is 0 Å². The first-order valence-corrected chi connectivity index (χ1v) is 6.72. The summed E-state index contributed by atoms with van der Waals surface area (Å²) in [4.78, 5) is 14.5. The van der Waals surface area contributed by atoms with Crippen molar-refractivity contribution in [2.75, 3.05) is 26.3 Å². The van der Waals surface area contributed by atoms with E-state index >= 15 is 0 Å². The normalized spacial score (nSPS) is 19.1. The molecule has 1 atom stereocenters. The molecule has 1 N–H and O–H groups in total. The molecule has 0 saturated carbocycles. The number of ether oxygens (including phenoxy) is 1. The third-order valence-corrected chi connectivity index (χ3v) is 3.95. The van der Waals surface area contributed by atoms with E-state index in [-0.39, 0.29) is 6.04 Å². The van der Waals surface area contributed by atoms with E-state index in [1.807, 2.05) is 16.3 Å². The Kier molecular flexibility index (Phi) is 4.53. The van der Waals surface area contributed by atoms with E-state index in [1.165, 1.54) is 4.88 Å². The summed E-state index contributed by atoms with van der Waals surface area (Å²) in [7, 11) is 0. The van der Waals surface area contributed by atoms with Gasteiger partial charge in [-0.05, 0) is 24.3 Å². The first kappa shape index (κ1) is 12.5. The van der Waals surface area contributed by atoms with Crippen LogP contribution in [0.25, 0.3) is 0 Å². The molecule has 0 aromatic carbocycles. The summed E-state index contributed by atoms with van der Waals surface area (Å²) >= 11 is 1.69. The first-order valence-electron chi connectivity index (χ1n) is 5.84. The predicted molar refractivity (Wildman–Crippen MR) is 66.5 cm³/mol. The van der Waals surface area contributed by atoms with Crippen molar-refractivity contribution >= 4 is 17.3 Å². The van der Waals surface area contributed by atoms with Crippen LogP contribution in [0.15, 0.2) is 17.5 Å². The second-order valence-electron chi connectivity index (χ2n) is 4.12. The van der Waals surface area contributed by atoms with Crippen LogP contribution >= 0.6 is 11.3 Å². The number of carboxylic acid groups (broad SMARTS) is 1. The summed E-state index contributed by atoms with van der Waals surface area (Å²) in [6.45, 7) is 2.73. The smallest absolute Gasteiger partial charge is 0.320 e. The van der Waals surface area contributed by atoms with E-state index in [0.717, 1.165) is 19.5 Å². The van der Waals surface area contributed by atoms with Gasteiger partial charge in [0.15, 0.2) is 0 Å². The van der Waals surface area contributed by atoms with Crippen LogP contribution in [0.2, 0.25) is 0 Å². The van der Waals surface area contributed by atoms with Crippen molar-refractivity contribution in [2.24, 2.45) is 0 Å². The first-order chi connectivity index (χ1) is 8.27. The van der Waals surface area contributed by atoms with Crippen LogP contribution < -0.4 is 0 Å². The number of carboxylic acids is 1. The summed E-state index contributed by atoms with van der Waals surface area (Å²) < 4.78 is 5.25. The van der Waals surface area contributed by atoms with E-state index in [0.29, 0.717) is 19.6 Å². The summed E-state index contributed by atoms with van der Waals surface area (Å²) in [5.41, 5.74) is 0. The minimum absolute atomic E-state index is 0.374. The highest BCUT2D eigenvalue weighted by molar-refractivity contribution is 7.09. The molecule has 1 aliphatic rings. The molecule has 2 rings (SSSR count). The Balaban J connectivity index is 1.90. The van der Waals surface area contributed by atoms with Crippen molar-refractivity contribution in [3.8, 4) is 0 Å². The molecule has 0 radical (unpaired) electrons. The number of aliphatic carboxylic acids is 1. The number of morpholine rings is 1. The molecule has 0 bridgehead atoms. The average molecular weight is 255 g/mol. The fourth-order valence-corrected chi connectivity index (χ4v) is 2.81. The van der Waals surface area contributed by atoms with E-state index in [1.54, 1.807) is 11.3 Å². The third kappa shape index (κ3) is 3.52. The van der Waals surface area contributed by atoms with Crippen molar-refractivity contribution in [1.29, 1.82) is 0 Å². The largest absolute Gasteiger partial charge is 0.480 e. The zero-order valence-corrected chi connectivity index (χ0v) is 10.5. The van der Waals surface area contributed by atoms with Crippen LogP contribution in [0.1, 0.15) is 11.3 Å². The highest BCUT2D eigenvalue weighted by Gasteiger charge is 2.26. The quantitative estimate of drug-likeness (QED) is 0.865. The highest BCUT2D eigenvalue weighted by Crippen LogP contribution is 2.15. The summed E-state index contributed by atoms with van der Waals surface area (Å²) in [6.07, 6.45) is 1.52. The number of aryl methyl sites for hydroxylation is 1. The number of rotatable bonds is 5. The number of nitrogens with zero attached hydrogens (tertiary/aromatic N) is 1. The maximum absolute atomic E-state index is 11.3. The zero-order chi connectivity index (χ0) is 12.1. The fourth-order valence-electron chi connectivity index (χ4n) is 2.09. The molecule has 2 heterocycles. The van der Waals surface area contributed by atoms with Crippen LogP contribution in [0.3, 0.4) is 0 Å². The summed E-state index contributed by atoms with van der Waals surface area (Å²) in [6, 6.07) is 3.69. The maximum Gasteiger partial charge on any atom is 0.320 e.